The fraction of sp³-hybridized carbons (Fsp3) is 0.538. The van der Waals surface area contributed by atoms with E-state index in [2.05, 4.69) is 9.35 Å². The highest BCUT2D eigenvalue weighted by Gasteiger charge is 2.34. The number of halogens is 2. The summed E-state index contributed by atoms with van der Waals surface area (Å²) in [4.78, 5) is 9.07. The Morgan fingerprint density at radius 3 is 1.84 bits per heavy atom. The summed E-state index contributed by atoms with van der Waals surface area (Å²) in [6.45, 7) is 6.42. The Labute approximate surface area is 156 Å². The molecule has 144 valence electrons. The third-order valence-electron chi connectivity index (χ3n) is 2.23. The van der Waals surface area contributed by atoms with Crippen molar-refractivity contribution >= 4 is 40.9 Å². The smallest absolute Gasteiger partial charge is 0.253 e. The highest BCUT2D eigenvalue weighted by molar-refractivity contribution is 7.87. The predicted molar refractivity (Wildman–Crippen MR) is 91.8 cm³/mol. The molecule has 0 aromatic heterocycles. The van der Waals surface area contributed by atoms with Crippen molar-refractivity contribution in [2.45, 2.75) is 44.8 Å². The van der Waals surface area contributed by atoms with E-state index in [0.717, 1.165) is 0 Å². The van der Waals surface area contributed by atoms with Crippen LogP contribution in [0.25, 0.3) is 0 Å². The summed E-state index contributed by atoms with van der Waals surface area (Å²) < 4.78 is 51.2. The molecule has 0 spiro atoms. The third-order valence-corrected chi connectivity index (χ3v) is 5.70. The highest BCUT2D eigenvalue weighted by Crippen LogP contribution is 2.50. The molecule has 0 fully saturated rings. The molecular weight excluding hydrogens is 418 g/mol. The molecule has 0 aliphatic carbocycles. The van der Waals surface area contributed by atoms with Gasteiger partial charge >= 0.3 is 17.7 Å². The lowest BCUT2D eigenvalue weighted by Crippen LogP contribution is -2.14. The van der Waals surface area contributed by atoms with E-state index in [1.165, 1.54) is 18.2 Å². The van der Waals surface area contributed by atoms with Crippen molar-refractivity contribution in [3.8, 4) is 0 Å². The van der Waals surface area contributed by atoms with Crippen LogP contribution in [0.15, 0.2) is 23.1 Å². The molecule has 0 aliphatic heterocycles. The van der Waals surface area contributed by atoms with Crippen LogP contribution in [-0.4, -0.2) is 27.0 Å². The van der Waals surface area contributed by atoms with Gasteiger partial charge in [-0.3, -0.25) is 8.75 Å². The van der Waals surface area contributed by atoms with E-state index in [9.17, 15) is 13.0 Å². The van der Waals surface area contributed by atoms with Crippen LogP contribution >= 0.6 is 30.8 Å². The Morgan fingerprint density at radius 1 is 1.00 bits per heavy atom. The van der Waals surface area contributed by atoms with Gasteiger partial charge in [0, 0.05) is 0 Å². The predicted octanol–water partition coefficient (Wildman–Crippen LogP) is 4.56. The van der Waals surface area contributed by atoms with Crippen LogP contribution in [0.1, 0.15) is 27.7 Å². The molecule has 0 saturated carbocycles. The van der Waals surface area contributed by atoms with E-state index in [0.29, 0.717) is 0 Å². The highest BCUT2D eigenvalue weighted by atomic mass is 35.5. The molecule has 0 radical (unpaired) electrons. The van der Waals surface area contributed by atoms with Gasteiger partial charge in [0.25, 0.3) is 0 Å². The van der Waals surface area contributed by atoms with Crippen LogP contribution in [-0.2, 0) is 38.0 Å². The molecule has 25 heavy (non-hydrogen) atoms. The Hall–Kier alpha value is -0.220. The van der Waals surface area contributed by atoms with Gasteiger partial charge in [0.2, 0.25) is 0 Å². The third kappa shape index (κ3) is 7.50. The Morgan fingerprint density at radius 2 is 1.44 bits per heavy atom. The fourth-order valence-corrected chi connectivity index (χ4v) is 4.76. The van der Waals surface area contributed by atoms with Gasteiger partial charge in [-0.15, -0.1) is 9.35 Å². The summed E-state index contributed by atoms with van der Waals surface area (Å²) in [5, 5.41) is -0.304. The van der Waals surface area contributed by atoms with Crippen molar-refractivity contribution in [1.82, 2.24) is 0 Å². The largest absolute Gasteiger partial charge is 0.411 e. The molecule has 1 aromatic rings. The Kier molecular flexibility index (Phi) is 8.80. The van der Waals surface area contributed by atoms with Crippen LogP contribution in [0.4, 0.5) is 0 Å². The second kappa shape index (κ2) is 9.64. The van der Waals surface area contributed by atoms with E-state index in [1.807, 2.05) is 0 Å². The average Bonchev–Trinajstić information content (AvgIpc) is 2.49. The molecule has 0 bridgehead atoms. The van der Waals surface area contributed by atoms with Crippen LogP contribution in [0.3, 0.4) is 0 Å². The second-order valence-electron chi connectivity index (χ2n) is 5.30. The number of benzene rings is 1. The SMILES string of the molecule is CC(C)OOP(=O)(COS(=O)(=O)c1c(Cl)cccc1Cl)OOC(C)C. The minimum absolute atomic E-state index is 0.152. The lowest BCUT2D eigenvalue weighted by Gasteiger charge is -2.18. The summed E-state index contributed by atoms with van der Waals surface area (Å²) in [5.74, 6) is 0. The maximum absolute atomic E-state index is 12.5. The lowest BCUT2D eigenvalue weighted by molar-refractivity contribution is -0.292. The maximum atomic E-state index is 12.5. The van der Waals surface area contributed by atoms with Crippen molar-refractivity contribution in [2.24, 2.45) is 0 Å². The second-order valence-corrected chi connectivity index (χ2v) is 9.45. The minimum atomic E-state index is -4.44. The summed E-state index contributed by atoms with van der Waals surface area (Å²) in [7, 11) is -8.65. The van der Waals surface area contributed by atoms with Crippen molar-refractivity contribution in [3.05, 3.63) is 28.2 Å². The standard InChI is InChI=1S/C13H19Cl2O8PS/c1-9(2)20-22-24(16,23-21-10(3)4)8-19-25(17,18)13-11(14)6-5-7-12(13)15/h5-7,9-10H,8H2,1-4H3. The Balaban J connectivity index is 2.95. The van der Waals surface area contributed by atoms with E-state index in [4.69, 9.17) is 37.2 Å². The van der Waals surface area contributed by atoms with Crippen molar-refractivity contribution in [3.63, 3.8) is 0 Å². The van der Waals surface area contributed by atoms with Gasteiger partial charge < -0.3 is 0 Å². The monoisotopic (exact) mass is 436 g/mol. The van der Waals surface area contributed by atoms with Crippen LogP contribution in [0.5, 0.6) is 0 Å². The molecule has 12 heteroatoms. The zero-order valence-corrected chi connectivity index (χ0v) is 17.2. The first kappa shape index (κ1) is 22.8. The zero-order valence-electron chi connectivity index (χ0n) is 14.0. The molecule has 1 rings (SSSR count). The van der Waals surface area contributed by atoms with Gasteiger partial charge in [0.15, 0.2) is 6.35 Å². The molecule has 0 aliphatic rings. The van der Waals surface area contributed by atoms with Crippen molar-refractivity contribution in [2.75, 3.05) is 6.35 Å². The quantitative estimate of drug-likeness (QED) is 0.227. The molecule has 0 amide bonds. The molecule has 0 heterocycles. The van der Waals surface area contributed by atoms with E-state index in [-0.39, 0.29) is 10.0 Å². The molecule has 0 atom stereocenters. The first-order valence-electron chi connectivity index (χ1n) is 7.09. The van der Waals surface area contributed by atoms with E-state index < -0.39 is 41.2 Å². The molecular formula is C13H19Cl2O8PS. The van der Waals surface area contributed by atoms with Crippen LogP contribution < -0.4 is 0 Å². The summed E-state index contributed by atoms with van der Waals surface area (Å²) in [6.07, 6.45) is -1.94. The fourth-order valence-electron chi connectivity index (χ4n) is 1.27. The lowest BCUT2D eigenvalue weighted by atomic mass is 10.4. The van der Waals surface area contributed by atoms with Gasteiger partial charge in [-0.25, -0.2) is 9.78 Å². The first-order valence-corrected chi connectivity index (χ1v) is 11.0. The minimum Gasteiger partial charge on any atom is -0.253 e. The Bertz CT molecular complexity index is 686. The zero-order chi connectivity index (χ0) is 19.3. The summed E-state index contributed by atoms with van der Waals surface area (Å²) in [5.41, 5.74) is 0. The molecule has 0 unspecified atom stereocenters. The molecule has 8 nitrogen and oxygen atoms in total. The van der Waals surface area contributed by atoms with Crippen molar-refractivity contribution in [1.29, 1.82) is 0 Å². The molecule has 0 N–H and O–H groups in total. The number of rotatable bonds is 10. The molecule has 0 saturated heterocycles. The van der Waals surface area contributed by atoms with Crippen LogP contribution in [0, 0.1) is 0 Å². The van der Waals surface area contributed by atoms with Crippen LogP contribution in [0.2, 0.25) is 10.0 Å². The van der Waals surface area contributed by atoms with Crippen molar-refractivity contribution < 1.29 is 36.3 Å². The maximum Gasteiger partial charge on any atom is 0.411 e. The van der Waals surface area contributed by atoms with Gasteiger partial charge in [0.1, 0.15) is 4.90 Å². The van der Waals surface area contributed by atoms with Gasteiger partial charge in [-0.2, -0.15) is 8.42 Å². The average molecular weight is 437 g/mol. The van der Waals surface area contributed by atoms with Gasteiger partial charge in [0.05, 0.1) is 22.3 Å². The topological polar surface area (TPSA) is 97.4 Å². The number of hydrogen-bond donors (Lipinski definition) is 0. The summed E-state index contributed by atoms with van der Waals surface area (Å²) >= 11 is 11.7. The molecule has 1 aromatic carbocycles. The van der Waals surface area contributed by atoms with Gasteiger partial charge in [-0.05, 0) is 39.8 Å². The number of hydrogen-bond acceptors (Lipinski definition) is 8. The van der Waals surface area contributed by atoms with E-state index >= 15 is 0 Å². The first-order chi connectivity index (χ1) is 11.5. The van der Waals surface area contributed by atoms with E-state index in [1.54, 1.807) is 27.7 Å². The normalized spacial score (nSPS) is 13.0. The van der Waals surface area contributed by atoms with Gasteiger partial charge in [-0.1, -0.05) is 29.3 Å². The summed E-state index contributed by atoms with van der Waals surface area (Å²) in [6, 6.07) is 4.10.